The summed E-state index contributed by atoms with van der Waals surface area (Å²) >= 11 is 1.41. The van der Waals surface area contributed by atoms with Crippen LogP contribution in [0.2, 0.25) is 0 Å². The topological polar surface area (TPSA) is 109 Å². The summed E-state index contributed by atoms with van der Waals surface area (Å²) in [4.78, 5) is 29.5. The van der Waals surface area contributed by atoms with Crippen molar-refractivity contribution in [2.45, 2.75) is 50.0 Å². The van der Waals surface area contributed by atoms with E-state index in [1.54, 1.807) is 13.0 Å². The summed E-state index contributed by atoms with van der Waals surface area (Å²) in [6.07, 6.45) is 2.17. The minimum atomic E-state index is -0.459. The molecule has 32 heavy (non-hydrogen) atoms. The molecule has 0 saturated carbocycles. The normalized spacial score (nSPS) is 10.6. The lowest BCUT2D eigenvalue weighted by atomic mass is 10.3. The quantitative estimate of drug-likeness (QED) is 0.282. The Morgan fingerprint density at radius 1 is 1.09 bits per heavy atom. The zero-order valence-corrected chi connectivity index (χ0v) is 19.2. The third-order valence-corrected chi connectivity index (χ3v) is 5.33. The molecule has 168 valence electrons. The monoisotopic (exact) mass is 453 g/mol. The van der Waals surface area contributed by atoms with E-state index < -0.39 is 5.97 Å². The Hall–Kier alpha value is -3.33. The molecule has 2 aromatic heterocycles. The lowest BCUT2D eigenvalue weighted by Crippen LogP contribution is -2.10. The molecule has 0 aliphatic carbocycles. The molecular weight excluding hydrogens is 426 g/mol. The first-order chi connectivity index (χ1) is 15.5. The molecule has 1 amide bonds. The molecule has 8 nitrogen and oxygen atoms in total. The first-order valence-corrected chi connectivity index (χ1v) is 11.3. The highest BCUT2D eigenvalue weighted by atomic mass is 32.2. The van der Waals surface area contributed by atoms with Gasteiger partial charge in [-0.05, 0) is 49.7 Å². The molecule has 3 rings (SSSR count). The van der Waals surface area contributed by atoms with E-state index in [1.807, 2.05) is 50.2 Å². The van der Waals surface area contributed by atoms with E-state index in [1.165, 1.54) is 11.8 Å². The van der Waals surface area contributed by atoms with Gasteiger partial charge in [0.15, 0.2) is 11.5 Å². The number of H-pyrrole nitrogens is 1. The predicted molar refractivity (Wildman–Crippen MR) is 126 cm³/mol. The summed E-state index contributed by atoms with van der Waals surface area (Å²) in [6, 6.07) is 12.8. The van der Waals surface area contributed by atoms with Gasteiger partial charge in [-0.2, -0.15) is 5.10 Å². The average Bonchev–Trinajstić information content (AvgIpc) is 3.19. The van der Waals surface area contributed by atoms with Crippen molar-refractivity contribution in [3.63, 3.8) is 0 Å². The van der Waals surface area contributed by atoms with E-state index in [9.17, 15) is 9.59 Å². The Balaban J connectivity index is 1.81. The number of ether oxygens (including phenoxy) is 1. The number of aryl methyl sites for hydroxylation is 1. The molecular formula is C23H27N5O3S. The highest BCUT2D eigenvalue weighted by molar-refractivity contribution is 7.99. The summed E-state index contributed by atoms with van der Waals surface area (Å²) in [6.45, 7) is 6.12. The predicted octanol–water partition coefficient (Wildman–Crippen LogP) is 5.31. The highest BCUT2D eigenvalue weighted by Gasteiger charge is 2.14. The van der Waals surface area contributed by atoms with Gasteiger partial charge < -0.3 is 15.4 Å². The van der Waals surface area contributed by atoms with Gasteiger partial charge in [0.25, 0.3) is 0 Å². The zero-order chi connectivity index (χ0) is 22.9. The lowest BCUT2D eigenvalue weighted by molar-refractivity contribution is -0.115. The van der Waals surface area contributed by atoms with E-state index >= 15 is 0 Å². The van der Waals surface area contributed by atoms with Crippen molar-refractivity contribution in [1.82, 2.24) is 15.2 Å². The van der Waals surface area contributed by atoms with Gasteiger partial charge in [-0.3, -0.25) is 9.89 Å². The van der Waals surface area contributed by atoms with Crippen LogP contribution in [0.25, 0.3) is 0 Å². The van der Waals surface area contributed by atoms with Crippen LogP contribution in [0.3, 0.4) is 0 Å². The molecule has 0 aliphatic rings. The fraction of sp³-hybridized carbons (Fsp3) is 0.304. The Morgan fingerprint density at radius 2 is 1.88 bits per heavy atom. The minimum Gasteiger partial charge on any atom is -0.461 e. The number of benzene rings is 1. The van der Waals surface area contributed by atoms with Gasteiger partial charge in [0, 0.05) is 34.5 Å². The summed E-state index contributed by atoms with van der Waals surface area (Å²) < 4.78 is 5.35. The van der Waals surface area contributed by atoms with Crippen molar-refractivity contribution in [1.29, 1.82) is 0 Å². The lowest BCUT2D eigenvalue weighted by Gasteiger charge is -2.10. The van der Waals surface area contributed by atoms with E-state index in [0.29, 0.717) is 29.6 Å². The number of amides is 1. The van der Waals surface area contributed by atoms with E-state index in [0.717, 1.165) is 29.1 Å². The number of carbonyl (C=O) groups excluding carboxylic acids is 2. The number of aromatic nitrogens is 3. The number of hydrogen-bond acceptors (Lipinski definition) is 7. The molecule has 0 saturated heterocycles. The summed E-state index contributed by atoms with van der Waals surface area (Å²) in [5.74, 6) is 0.149. The zero-order valence-electron chi connectivity index (χ0n) is 18.4. The first-order valence-electron chi connectivity index (χ1n) is 10.5. The van der Waals surface area contributed by atoms with Crippen LogP contribution in [-0.4, -0.2) is 33.7 Å². The fourth-order valence-electron chi connectivity index (χ4n) is 2.72. The summed E-state index contributed by atoms with van der Waals surface area (Å²) in [7, 11) is 0. The van der Waals surface area contributed by atoms with Crippen LogP contribution in [0, 0.1) is 6.92 Å². The molecule has 3 N–H and O–H groups in total. The number of anilines is 3. The SMILES string of the molecule is CCCCOC(=O)c1cc(Nc2cc(C)[nH]n2)cc(Sc2ccc(NC(=O)CC)cc2)n1. The largest absolute Gasteiger partial charge is 0.461 e. The van der Waals surface area contributed by atoms with Crippen LogP contribution in [-0.2, 0) is 9.53 Å². The average molecular weight is 454 g/mol. The number of unbranched alkanes of at least 4 members (excludes halogenated alkanes) is 1. The van der Waals surface area contributed by atoms with Crippen LogP contribution < -0.4 is 10.6 Å². The molecule has 2 heterocycles. The van der Waals surface area contributed by atoms with Gasteiger partial charge in [-0.15, -0.1) is 0 Å². The number of pyridine rings is 1. The van der Waals surface area contributed by atoms with Crippen LogP contribution in [0.15, 0.2) is 52.4 Å². The third-order valence-electron chi connectivity index (χ3n) is 4.40. The van der Waals surface area contributed by atoms with Gasteiger partial charge in [-0.25, -0.2) is 9.78 Å². The summed E-state index contributed by atoms with van der Waals surface area (Å²) in [5, 5.41) is 13.7. The molecule has 0 atom stereocenters. The van der Waals surface area contributed by atoms with Crippen molar-refractivity contribution < 1.29 is 14.3 Å². The number of rotatable bonds is 10. The third kappa shape index (κ3) is 6.84. The molecule has 0 unspecified atom stereocenters. The standard InChI is InChI=1S/C23H27N5O3S/c1-4-6-11-31-23(30)19-13-17(24-20-12-15(3)27-28-20)14-22(26-19)32-18-9-7-16(8-10-18)25-21(29)5-2/h7-10,12-14H,4-6,11H2,1-3H3,(H,25,29)(H2,24,26,27,28). The van der Waals surface area contributed by atoms with Crippen molar-refractivity contribution >= 4 is 40.8 Å². The van der Waals surface area contributed by atoms with Crippen molar-refractivity contribution in [3.8, 4) is 0 Å². The summed E-state index contributed by atoms with van der Waals surface area (Å²) in [5.41, 5.74) is 2.57. The van der Waals surface area contributed by atoms with E-state index in [4.69, 9.17) is 4.74 Å². The fourth-order valence-corrected chi connectivity index (χ4v) is 3.57. The Bertz CT molecular complexity index is 1070. The van der Waals surface area contributed by atoms with Crippen molar-refractivity contribution in [2.75, 3.05) is 17.2 Å². The second-order valence-corrected chi connectivity index (χ2v) is 8.25. The number of nitrogens with one attached hydrogen (secondary N) is 3. The smallest absolute Gasteiger partial charge is 0.357 e. The molecule has 1 aromatic carbocycles. The van der Waals surface area contributed by atoms with E-state index in [2.05, 4.69) is 25.8 Å². The number of carbonyl (C=O) groups is 2. The Morgan fingerprint density at radius 3 is 2.53 bits per heavy atom. The number of nitrogens with zero attached hydrogens (tertiary/aromatic N) is 2. The second-order valence-electron chi connectivity index (χ2n) is 7.16. The van der Waals surface area contributed by atoms with Crippen molar-refractivity contribution in [3.05, 3.63) is 53.9 Å². The highest BCUT2D eigenvalue weighted by Crippen LogP contribution is 2.30. The number of hydrogen-bond donors (Lipinski definition) is 3. The number of esters is 1. The first kappa shape index (κ1) is 23.3. The maximum Gasteiger partial charge on any atom is 0.357 e. The van der Waals surface area contributed by atoms with E-state index in [-0.39, 0.29) is 11.6 Å². The molecule has 0 spiro atoms. The molecule has 0 aliphatic heterocycles. The van der Waals surface area contributed by atoms with Crippen molar-refractivity contribution in [2.24, 2.45) is 0 Å². The van der Waals surface area contributed by atoms with Gasteiger partial charge in [-0.1, -0.05) is 32.0 Å². The Labute approximate surface area is 191 Å². The van der Waals surface area contributed by atoms with Gasteiger partial charge >= 0.3 is 5.97 Å². The van der Waals surface area contributed by atoms with Gasteiger partial charge in [0.05, 0.1) is 6.61 Å². The molecule has 0 bridgehead atoms. The maximum atomic E-state index is 12.5. The second kappa shape index (κ2) is 11.3. The van der Waals surface area contributed by atoms with Crippen LogP contribution >= 0.6 is 11.8 Å². The van der Waals surface area contributed by atoms with Crippen LogP contribution in [0.1, 0.15) is 49.3 Å². The molecule has 0 radical (unpaired) electrons. The van der Waals surface area contributed by atoms with Crippen LogP contribution in [0.4, 0.5) is 17.2 Å². The molecule has 9 heteroatoms. The maximum absolute atomic E-state index is 12.5. The van der Waals surface area contributed by atoms with Gasteiger partial charge in [0.1, 0.15) is 5.03 Å². The molecule has 3 aromatic rings. The Kier molecular flexibility index (Phi) is 8.27. The number of aromatic amines is 1. The minimum absolute atomic E-state index is 0.0364. The van der Waals surface area contributed by atoms with Crippen LogP contribution in [0.5, 0.6) is 0 Å². The molecule has 0 fully saturated rings. The van der Waals surface area contributed by atoms with Gasteiger partial charge in [0.2, 0.25) is 5.91 Å².